The second-order valence-electron chi connectivity index (χ2n) is 3.37. The zero-order valence-electron chi connectivity index (χ0n) is 8.11. The van der Waals surface area contributed by atoms with Gasteiger partial charge in [-0.25, -0.2) is 0 Å². The number of hydrogen-bond donors (Lipinski definition) is 1. The fourth-order valence-corrected chi connectivity index (χ4v) is 4.39. The SMILES string of the molecule is NCc1ccc(C2SCCCS2)cc1. The van der Waals surface area contributed by atoms with Gasteiger partial charge in [0.05, 0.1) is 4.58 Å². The van der Waals surface area contributed by atoms with E-state index >= 15 is 0 Å². The summed E-state index contributed by atoms with van der Waals surface area (Å²) in [4.78, 5) is 0. The van der Waals surface area contributed by atoms with Crippen LogP contribution >= 0.6 is 23.5 Å². The van der Waals surface area contributed by atoms with Crippen molar-refractivity contribution < 1.29 is 0 Å². The van der Waals surface area contributed by atoms with E-state index in [0.717, 1.165) is 0 Å². The highest BCUT2D eigenvalue weighted by molar-refractivity contribution is 8.16. The van der Waals surface area contributed by atoms with Crippen LogP contribution in [0.4, 0.5) is 0 Å². The van der Waals surface area contributed by atoms with Crippen LogP contribution < -0.4 is 5.73 Å². The van der Waals surface area contributed by atoms with Crippen molar-refractivity contribution in [3.63, 3.8) is 0 Å². The summed E-state index contributed by atoms with van der Waals surface area (Å²) in [6.45, 7) is 0.644. The van der Waals surface area contributed by atoms with Crippen LogP contribution in [0.15, 0.2) is 24.3 Å². The van der Waals surface area contributed by atoms with Crippen LogP contribution in [-0.4, -0.2) is 11.5 Å². The fraction of sp³-hybridized carbons (Fsp3) is 0.455. The fourth-order valence-electron chi connectivity index (χ4n) is 1.49. The van der Waals surface area contributed by atoms with Crippen LogP contribution in [0.5, 0.6) is 0 Å². The van der Waals surface area contributed by atoms with E-state index in [4.69, 9.17) is 5.73 Å². The molecule has 0 aliphatic carbocycles. The lowest BCUT2D eigenvalue weighted by atomic mass is 10.1. The van der Waals surface area contributed by atoms with E-state index in [1.165, 1.54) is 29.1 Å². The van der Waals surface area contributed by atoms with Gasteiger partial charge in [0.25, 0.3) is 0 Å². The van der Waals surface area contributed by atoms with E-state index < -0.39 is 0 Å². The van der Waals surface area contributed by atoms with Crippen LogP contribution in [0.1, 0.15) is 22.1 Å². The van der Waals surface area contributed by atoms with Crippen LogP contribution in [0.3, 0.4) is 0 Å². The maximum absolute atomic E-state index is 5.57. The summed E-state index contributed by atoms with van der Waals surface area (Å²) in [6.07, 6.45) is 1.35. The molecule has 0 bridgehead atoms. The molecule has 2 N–H and O–H groups in total. The van der Waals surface area contributed by atoms with Gasteiger partial charge in [0, 0.05) is 6.54 Å². The van der Waals surface area contributed by atoms with E-state index in [0.29, 0.717) is 11.1 Å². The summed E-state index contributed by atoms with van der Waals surface area (Å²) in [7, 11) is 0. The molecule has 1 fully saturated rings. The van der Waals surface area contributed by atoms with Crippen LogP contribution in [0.25, 0.3) is 0 Å². The molecule has 76 valence electrons. The quantitative estimate of drug-likeness (QED) is 0.838. The predicted molar refractivity (Wildman–Crippen MR) is 66.6 cm³/mol. The highest BCUT2D eigenvalue weighted by Gasteiger charge is 2.15. The van der Waals surface area contributed by atoms with Crippen molar-refractivity contribution >= 4 is 23.5 Å². The molecule has 1 heterocycles. The van der Waals surface area contributed by atoms with Gasteiger partial charge < -0.3 is 5.73 Å². The maximum Gasteiger partial charge on any atom is 0.0751 e. The lowest BCUT2D eigenvalue weighted by molar-refractivity contribution is 1.06. The first-order valence-electron chi connectivity index (χ1n) is 4.92. The Kier molecular flexibility index (Phi) is 3.79. The summed E-state index contributed by atoms with van der Waals surface area (Å²) in [5.74, 6) is 2.60. The van der Waals surface area contributed by atoms with Gasteiger partial charge in [-0.1, -0.05) is 24.3 Å². The molecule has 1 aromatic carbocycles. The van der Waals surface area contributed by atoms with Gasteiger partial charge in [0.2, 0.25) is 0 Å². The molecule has 0 amide bonds. The molecular formula is C11H15NS2. The van der Waals surface area contributed by atoms with Crippen molar-refractivity contribution in [2.24, 2.45) is 5.73 Å². The minimum absolute atomic E-state index is 0.644. The molecule has 0 saturated carbocycles. The van der Waals surface area contributed by atoms with Crippen molar-refractivity contribution in [1.82, 2.24) is 0 Å². The maximum atomic E-state index is 5.57. The molecule has 1 aliphatic heterocycles. The van der Waals surface area contributed by atoms with E-state index in [2.05, 4.69) is 47.8 Å². The molecule has 0 radical (unpaired) electrons. The molecule has 3 heteroatoms. The first-order chi connectivity index (χ1) is 6.90. The third-order valence-corrected chi connectivity index (χ3v) is 5.33. The first kappa shape index (κ1) is 10.4. The standard InChI is InChI=1S/C11H15NS2/c12-8-9-2-4-10(5-3-9)11-13-6-1-7-14-11/h2-5,11H,1,6-8,12H2. The minimum atomic E-state index is 0.644. The van der Waals surface area contributed by atoms with Crippen molar-refractivity contribution in [2.75, 3.05) is 11.5 Å². The Morgan fingerprint density at radius 1 is 1.14 bits per heavy atom. The second-order valence-corrected chi connectivity index (χ2v) is 6.10. The average molecular weight is 225 g/mol. The number of thioether (sulfide) groups is 2. The minimum Gasteiger partial charge on any atom is -0.326 e. The number of rotatable bonds is 2. The summed E-state index contributed by atoms with van der Waals surface area (Å²) >= 11 is 4.12. The van der Waals surface area contributed by atoms with Gasteiger partial charge in [-0.2, -0.15) is 0 Å². The molecule has 0 spiro atoms. The smallest absolute Gasteiger partial charge is 0.0751 e. The van der Waals surface area contributed by atoms with Crippen LogP contribution in [0.2, 0.25) is 0 Å². The summed E-state index contributed by atoms with van der Waals surface area (Å²) in [5.41, 5.74) is 8.23. The molecule has 1 aliphatic rings. The second kappa shape index (κ2) is 5.10. The topological polar surface area (TPSA) is 26.0 Å². The van der Waals surface area contributed by atoms with Crippen LogP contribution in [-0.2, 0) is 6.54 Å². The van der Waals surface area contributed by atoms with Gasteiger partial charge in [-0.05, 0) is 29.1 Å². The van der Waals surface area contributed by atoms with E-state index in [9.17, 15) is 0 Å². The molecular weight excluding hydrogens is 210 g/mol. The van der Waals surface area contributed by atoms with Gasteiger partial charge in [-0.3, -0.25) is 0 Å². The zero-order chi connectivity index (χ0) is 9.80. The van der Waals surface area contributed by atoms with Gasteiger partial charge in [-0.15, -0.1) is 23.5 Å². The normalized spacial score (nSPS) is 18.4. The van der Waals surface area contributed by atoms with Crippen molar-refractivity contribution in [1.29, 1.82) is 0 Å². The first-order valence-corrected chi connectivity index (χ1v) is 7.02. The summed E-state index contributed by atoms with van der Waals surface area (Å²) in [5, 5.41) is 0. The molecule has 0 atom stereocenters. The highest BCUT2D eigenvalue weighted by atomic mass is 32.2. The Morgan fingerprint density at radius 2 is 1.79 bits per heavy atom. The summed E-state index contributed by atoms with van der Waals surface area (Å²) in [6, 6.07) is 8.73. The molecule has 1 saturated heterocycles. The third-order valence-electron chi connectivity index (χ3n) is 2.31. The van der Waals surface area contributed by atoms with Crippen molar-refractivity contribution in [2.45, 2.75) is 17.5 Å². The molecule has 1 aromatic rings. The number of hydrogen-bond acceptors (Lipinski definition) is 3. The van der Waals surface area contributed by atoms with E-state index in [-0.39, 0.29) is 0 Å². The number of benzene rings is 1. The monoisotopic (exact) mass is 225 g/mol. The van der Waals surface area contributed by atoms with Gasteiger partial charge in [0.15, 0.2) is 0 Å². The zero-order valence-corrected chi connectivity index (χ0v) is 9.74. The average Bonchev–Trinajstić information content (AvgIpc) is 2.30. The third kappa shape index (κ3) is 2.47. The Hall–Kier alpha value is -0.120. The Balaban J connectivity index is 2.07. The van der Waals surface area contributed by atoms with E-state index in [1.807, 2.05) is 0 Å². The van der Waals surface area contributed by atoms with Crippen molar-refractivity contribution in [3.8, 4) is 0 Å². The Morgan fingerprint density at radius 3 is 2.36 bits per heavy atom. The highest BCUT2D eigenvalue weighted by Crippen LogP contribution is 2.43. The molecule has 2 rings (SSSR count). The Bertz CT molecular complexity index is 278. The largest absolute Gasteiger partial charge is 0.326 e. The van der Waals surface area contributed by atoms with Gasteiger partial charge in [0.1, 0.15) is 0 Å². The lowest BCUT2D eigenvalue weighted by Crippen LogP contribution is -2.01. The number of nitrogens with two attached hydrogens (primary N) is 1. The molecule has 14 heavy (non-hydrogen) atoms. The van der Waals surface area contributed by atoms with Crippen molar-refractivity contribution in [3.05, 3.63) is 35.4 Å². The molecule has 0 unspecified atom stereocenters. The van der Waals surface area contributed by atoms with Crippen LogP contribution in [0, 0.1) is 0 Å². The lowest BCUT2D eigenvalue weighted by Gasteiger charge is -2.21. The van der Waals surface area contributed by atoms with Gasteiger partial charge >= 0.3 is 0 Å². The van der Waals surface area contributed by atoms with E-state index in [1.54, 1.807) is 0 Å². The molecule has 1 nitrogen and oxygen atoms in total. The Labute approximate surface area is 93.8 Å². The molecule has 0 aromatic heterocycles. The summed E-state index contributed by atoms with van der Waals surface area (Å²) < 4.78 is 0.649. The predicted octanol–water partition coefficient (Wildman–Crippen LogP) is 3.01.